The first-order valence-corrected chi connectivity index (χ1v) is 13.5. The molecule has 10 heteroatoms. The third kappa shape index (κ3) is 7.74. The molecule has 1 aliphatic rings. The van der Waals surface area contributed by atoms with Crippen LogP contribution in [0, 0.1) is 11.7 Å². The molecule has 0 radical (unpaired) electrons. The zero-order valence-corrected chi connectivity index (χ0v) is 23.8. The van der Waals surface area contributed by atoms with Crippen LogP contribution in [0.2, 0.25) is 0 Å². The average Bonchev–Trinajstić information content (AvgIpc) is 2.96. The van der Waals surface area contributed by atoms with E-state index in [-0.39, 0.29) is 24.5 Å². The van der Waals surface area contributed by atoms with Gasteiger partial charge < -0.3 is 30.1 Å². The van der Waals surface area contributed by atoms with Crippen molar-refractivity contribution in [1.29, 1.82) is 0 Å². The maximum atomic E-state index is 13.7. The van der Waals surface area contributed by atoms with Crippen LogP contribution >= 0.6 is 0 Å². The van der Waals surface area contributed by atoms with Crippen molar-refractivity contribution in [2.45, 2.75) is 32.5 Å². The molecule has 0 aliphatic carbocycles. The highest BCUT2D eigenvalue weighted by molar-refractivity contribution is 6.02. The number of hydrogen-bond donors (Lipinski definition) is 3. The highest BCUT2D eigenvalue weighted by Crippen LogP contribution is 2.31. The van der Waals surface area contributed by atoms with Crippen molar-refractivity contribution < 1.29 is 28.6 Å². The third-order valence-electron chi connectivity index (χ3n) is 7.13. The summed E-state index contributed by atoms with van der Waals surface area (Å²) in [5, 5.41) is 15.3. The number of benzene rings is 3. The SMILES string of the molecule is COc1ccc(CN(C)C[C@H]2Oc3ccc(NC(=O)Nc4ccc(F)cc4)cc3C(=O)N([C@H](C)CO)C[C@@H]2C)cc1. The molecule has 0 saturated heterocycles. The number of fused-ring (bicyclic) bond motifs is 1. The molecule has 3 amide bonds. The molecule has 3 atom stereocenters. The van der Waals surface area contributed by atoms with Crippen LogP contribution in [0.25, 0.3) is 0 Å². The molecule has 0 fully saturated rings. The van der Waals surface area contributed by atoms with Gasteiger partial charge in [-0.15, -0.1) is 0 Å². The lowest BCUT2D eigenvalue weighted by Gasteiger charge is -2.38. The van der Waals surface area contributed by atoms with Crippen LogP contribution < -0.4 is 20.1 Å². The molecule has 3 aromatic carbocycles. The fourth-order valence-electron chi connectivity index (χ4n) is 4.76. The molecular formula is C31H37FN4O5. The van der Waals surface area contributed by atoms with Gasteiger partial charge in [-0.25, -0.2) is 9.18 Å². The monoisotopic (exact) mass is 564 g/mol. The number of nitrogens with zero attached hydrogens (tertiary/aromatic N) is 2. The van der Waals surface area contributed by atoms with Gasteiger partial charge in [0.1, 0.15) is 23.4 Å². The van der Waals surface area contributed by atoms with Gasteiger partial charge in [0, 0.05) is 36.9 Å². The average molecular weight is 565 g/mol. The minimum Gasteiger partial charge on any atom is -0.497 e. The number of hydrogen-bond acceptors (Lipinski definition) is 6. The van der Waals surface area contributed by atoms with Crippen molar-refractivity contribution in [3.05, 3.63) is 83.7 Å². The summed E-state index contributed by atoms with van der Waals surface area (Å²) >= 11 is 0. The molecule has 0 aromatic heterocycles. The molecule has 3 N–H and O–H groups in total. The molecule has 0 unspecified atom stereocenters. The Labute approximate surface area is 239 Å². The molecular weight excluding hydrogens is 527 g/mol. The number of likely N-dealkylation sites (N-methyl/N-ethyl adjacent to an activating group) is 1. The molecule has 1 heterocycles. The van der Waals surface area contributed by atoms with Crippen molar-refractivity contribution in [2.24, 2.45) is 5.92 Å². The Morgan fingerprint density at radius 1 is 1.12 bits per heavy atom. The van der Waals surface area contributed by atoms with E-state index in [4.69, 9.17) is 9.47 Å². The Morgan fingerprint density at radius 3 is 2.44 bits per heavy atom. The Bertz CT molecular complexity index is 1340. The minimum atomic E-state index is -0.539. The minimum absolute atomic E-state index is 0.0290. The number of methoxy groups -OCH3 is 1. The number of halogens is 1. The Balaban J connectivity index is 1.54. The first kappa shape index (κ1) is 29.8. The molecule has 218 valence electrons. The van der Waals surface area contributed by atoms with E-state index in [1.54, 1.807) is 37.1 Å². The molecule has 1 aliphatic heterocycles. The summed E-state index contributed by atoms with van der Waals surface area (Å²) in [7, 11) is 3.66. The van der Waals surface area contributed by atoms with Crippen LogP contribution in [0.1, 0.15) is 29.8 Å². The second-order valence-electron chi connectivity index (χ2n) is 10.5. The van der Waals surface area contributed by atoms with Crippen molar-refractivity contribution in [3.8, 4) is 11.5 Å². The standard InChI is InChI=1S/C31H37FN4O5/c1-20-16-36(21(2)19-37)30(38)27-15-25(34-31(39)33-24-9-7-23(32)8-10-24)11-14-28(27)41-29(20)18-35(3)17-22-5-12-26(40-4)13-6-22/h5-15,20-21,29,37H,16-19H2,1-4H3,(H2,33,34,39)/t20-,21+,29+/m0/s1. The van der Waals surface area contributed by atoms with Crippen molar-refractivity contribution in [2.75, 3.05) is 44.5 Å². The van der Waals surface area contributed by atoms with E-state index in [9.17, 15) is 19.1 Å². The summed E-state index contributed by atoms with van der Waals surface area (Å²) in [5.74, 6) is 0.482. The number of aliphatic hydroxyl groups excluding tert-OH is 1. The number of amides is 3. The van der Waals surface area contributed by atoms with E-state index in [2.05, 4.69) is 15.5 Å². The van der Waals surface area contributed by atoms with Gasteiger partial charge in [0.15, 0.2) is 0 Å². The first-order chi connectivity index (χ1) is 19.7. The van der Waals surface area contributed by atoms with Crippen LogP contribution in [-0.4, -0.2) is 72.8 Å². The van der Waals surface area contributed by atoms with Crippen LogP contribution in [-0.2, 0) is 6.54 Å². The quantitative estimate of drug-likeness (QED) is 0.344. The maximum absolute atomic E-state index is 13.7. The molecule has 41 heavy (non-hydrogen) atoms. The molecule has 0 spiro atoms. The van der Waals surface area contributed by atoms with Gasteiger partial charge in [-0.1, -0.05) is 19.1 Å². The molecule has 9 nitrogen and oxygen atoms in total. The van der Waals surface area contributed by atoms with E-state index in [0.717, 1.165) is 11.3 Å². The first-order valence-electron chi connectivity index (χ1n) is 13.5. The Hall–Kier alpha value is -4.15. The zero-order valence-electron chi connectivity index (χ0n) is 23.8. The summed E-state index contributed by atoms with van der Waals surface area (Å²) < 4.78 is 24.9. The number of urea groups is 1. The number of carbonyl (C=O) groups is 2. The highest BCUT2D eigenvalue weighted by atomic mass is 19.1. The third-order valence-corrected chi connectivity index (χ3v) is 7.13. The van der Waals surface area contributed by atoms with E-state index in [1.165, 1.54) is 24.3 Å². The molecule has 4 rings (SSSR count). The van der Waals surface area contributed by atoms with E-state index >= 15 is 0 Å². The number of ether oxygens (including phenoxy) is 2. The normalized spacial score (nSPS) is 17.6. The topological polar surface area (TPSA) is 103 Å². The van der Waals surface area contributed by atoms with Gasteiger partial charge in [0.2, 0.25) is 0 Å². The van der Waals surface area contributed by atoms with Crippen LogP contribution in [0.4, 0.5) is 20.6 Å². The molecule has 3 aromatic rings. The van der Waals surface area contributed by atoms with Gasteiger partial charge in [-0.2, -0.15) is 0 Å². The highest BCUT2D eigenvalue weighted by Gasteiger charge is 2.33. The Morgan fingerprint density at radius 2 is 1.78 bits per heavy atom. The van der Waals surface area contributed by atoms with Gasteiger partial charge in [-0.05, 0) is 74.1 Å². The second-order valence-corrected chi connectivity index (χ2v) is 10.5. The maximum Gasteiger partial charge on any atom is 0.323 e. The van der Waals surface area contributed by atoms with E-state index < -0.39 is 17.9 Å². The van der Waals surface area contributed by atoms with Gasteiger partial charge in [-0.3, -0.25) is 9.69 Å². The summed E-state index contributed by atoms with van der Waals surface area (Å²) in [5.41, 5.74) is 2.24. The fraction of sp³-hybridized carbons (Fsp3) is 0.355. The smallest absolute Gasteiger partial charge is 0.323 e. The summed E-state index contributed by atoms with van der Waals surface area (Å²) in [6, 6.07) is 17.3. The number of aliphatic hydroxyl groups is 1. The van der Waals surface area contributed by atoms with Crippen molar-refractivity contribution in [1.82, 2.24) is 9.80 Å². The van der Waals surface area contributed by atoms with Crippen LogP contribution in [0.5, 0.6) is 11.5 Å². The van der Waals surface area contributed by atoms with Gasteiger partial charge >= 0.3 is 6.03 Å². The fourth-order valence-corrected chi connectivity index (χ4v) is 4.76. The lowest BCUT2D eigenvalue weighted by molar-refractivity contribution is 0.0341. The predicted molar refractivity (Wildman–Crippen MR) is 156 cm³/mol. The zero-order chi connectivity index (χ0) is 29.5. The lowest BCUT2D eigenvalue weighted by atomic mass is 9.99. The number of anilines is 2. The van der Waals surface area contributed by atoms with Crippen molar-refractivity contribution in [3.63, 3.8) is 0 Å². The largest absolute Gasteiger partial charge is 0.497 e. The summed E-state index contributed by atoms with van der Waals surface area (Å²) in [4.78, 5) is 30.1. The number of rotatable bonds is 9. The van der Waals surface area contributed by atoms with Crippen LogP contribution in [0.3, 0.4) is 0 Å². The molecule has 0 saturated carbocycles. The second kappa shape index (κ2) is 13.5. The van der Waals surface area contributed by atoms with E-state index in [0.29, 0.717) is 42.3 Å². The summed E-state index contributed by atoms with van der Waals surface area (Å²) in [6.45, 7) is 5.35. The Kier molecular flexibility index (Phi) is 9.80. The lowest BCUT2D eigenvalue weighted by Crippen LogP contribution is -2.49. The van der Waals surface area contributed by atoms with Gasteiger partial charge in [0.05, 0.1) is 25.3 Å². The van der Waals surface area contributed by atoms with Crippen LogP contribution in [0.15, 0.2) is 66.7 Å². The van der Waals surface area contributed by atoms with Crippen molar-refractivity contribution >= 4 is 23.3 Å². The van der Waals surface area contributed by atoms with E-state index in [1.807, 2.05) is 38.2 Å². The van der Waals surface area contributed by atoms with Gasteiger partial charge in [0.25, 0.3) is 5.91 Å². The summed E-state index contributed by atoms with van der Waals surface area (Å²) in [6.07, 6.45) is -0.251. The predicted octanol–water partition coefficient (Wildman–Crippen LogP) is 4.83. The number of nitrogens with one attached hydrogen (secondary N) is 2. The number of carbonyl (C=O) groups excluding carboxylic acids is 2. The molecule has 0 bridgehead atoms.